The van der Waals surface area contributed by atoms with Crippen LogP contribution in [0, 0.1) is 0 Å². The van der Waals surface area contributed by atoms with Crippen molar-refractivity contribution in [1.29, 1.82) is 0 Å². The van der Waals surface area contributed by atoms with Crippen molar-refractivity contribution in [2.24, 2.45) is 0 Å². The monoisotopic (exact) mass is 304 g/mol. The SMILES string of the molecule is O=P([O-])([O-])[O-].O=P([O-])([O-])[O-].[K+].[NaH].[V+5]. The molecule has 0 unspecified atom stereocenters. The van der Waals surface area contributed by atoms with Gasteiger partial charge in [-0.15, -0.1) is 0 Å². The Labute approximate surface area is 151 Å². The van der Waals surface area contributed by atoms with Crippen molar-refractivity contribution in [1.82, 2.24) is 0 Å². The summed E-state index contributed by atoms with van der Waals surface area (Å²) in [5.74, 6) is 0. The van der Waals surface area contributed by atoms with Crippen LogP contribution in [0.25, 0.3) is 0 Å². The molecule has 0 bridgehead atoms. The zero-order chi connectivity index (χ0) is 9.00. The van der Waals surface area contributed by atoms with Crippen LogP contribution in [0.3, 0.4) is 0 Å². The standard InChI is InChI=1S/K.Na.2H3O4P.V.H/c;;2*1-5(2,3)4;;/h;;2*(H3,1,2,3,4);;/q+1;;;;+5;/p-6. The number of rotatable bonds is 0. The third-order valence-electron chi connectivity index (χ3n) is 0. The fourth-order valence-corrected chi connectivity index (χ4v) is 0. The second kappa shape index (κ2) is 13.5. The third kappa shape index (κ3) is 236. The summed E-state index contributed by atoms with van der Waals surface area (Å²) in [6, 6.07) is 0. The minimum atomic E-state index is -5.39. The molecule has 13 heteroatoms. The van der Waals surface area contributed by atoms with Gasteiger partial charge in [-0.05, 0) is 0 Å². The molecule has 0 fully saturated rings. The van der Waals surface area contributed by atoms with Gasteiger partial charge < -0.3 is 38.5 Å². The van der Waals surface area contributed by atoms with Gasteiger partial charge in [0.15, 0.2) is 0 Å². The van der Waals surface area contributed by atoms with E-state index in [-0.39, 0.29) is 99.5 Å². The Kier molecular flexibility index (Phi) is 31.1. The molecule has 8 nitrogen and oxygen atoms in total. The fourth-order valence-electron chi connectivity index (χ4n) is 0. The normalized spacial score (nSPS) is 9.08. The maximum atomic E-state index is 8.55. The second-order valence-corrected chi connectivity index (χ2v) is 2.68. The maximum absolute atomic E-state index is 8.55. The summed E-state index contributed by atoms with van der Waals surface area (Å²) in [5.41, 5.74) is 0. The van der Waals surface area contributed by atoms with Crippen LogP contribution < -0.4 is 80.7 Å². The van der Waals surface area contributed by atoms with Gasteiger partial charge in [0, 0.05) is 0 Å². The summed E-state index contributed by atoms with van der Waals surface area (Å²) in [4.78, 5) is 51.3. The van der Waals surface area contributed by atoms with E-state index in [2.05, 4.69) is 0 Å². The van der Waals surface area contributed by atoms with Crippen molar-refractivity contribution < 1.29 is 108 Å². The molecule has 0 spiro atoms. The van der Waals surface area contributed by atoms with E-state index in [0.717, 1.165) is 0 Å². The van der Waals surface area contributed by atoms with Crippen molar-refractivity contribution in [3.05, 3.63) is 0 Å². The van der Waals surface area contributed by atoms with E-state index >= 15 is 0 Å². The fraction of sp³-hybridized carbons (Fsp3) is 0. The Hall–Kier alpha value is 3.44. The summed E-state index contributed by atoms with van der Waals surface area (Å²) in [7, 11) is -10.8. The Bertz CT molecular complexity index is 134. The van der Waals surface area contributed by atoms with Crippen molar-refractivity contribution in [3.8, 4) is 0 Å². The zero-order valence-corrected chi connectivity index (χ0v) is 11.9. The first-order valence-electron chi connectivity index (χ1n) is 1.46. The smallest absolute Gasteiger partial charge is 5.00 e. The first kappa shape index (κ1) is 29.9. The quantitative estimate of drug-likeness (QED) is 0.313. The van der Waals surface area contributed by atoms with E-state index < -0.39 is 15.6 Å². The Morgan fingerprint density at radius 1 is 0.692 bits per heavy atom. The zero-order valence-electron chi connectivity index (χ0n) is 5.61. The Morgan fingerprint density at radius 2 is 0.692 bits per heavy atom. The van der Waals surface area contributed by atoms with E-state index in [4.69, 9.17) is 38.5 Å². The van der Waals surface area contributed by atoms with Crippen LogP contribution in [0.5, 0.6) is 0 Å². The van der Waals surface area contributed by atoms with Gasteiger partial charge in [0.1, 0.15) is 0 Å². The van der Waals surface area contributed by atoms with Crippen LogP contribution >= 0.6 is 15.6 Å². The van der Waals surface area contributed by atoms with Crippen LogP contribution in [0.2, 0.25) is 0 Å². The molecule has 0 saturated heterocycles. The van der Waals surface area contributed by atoms with Crippen LogP contribution in [0.15, 0.2) is 0 Å². The average Bonchev–Trinajstić information content (AvgIpc) is 1.12. The van der Waals surface area contributed by atoms with Crippen molar-refractivity contribution in [3.63, 3.8) is 0 Å². The van der Waals surface area contributed by atoms with Gasteiger partial charge in [0.25, 0.3) is 0 Å². The van der Waals surface area contributed by atoms with Crippen LogP contribution in [0.4, 0.5) is 0 Å². The molecule has 0 aromatic rings. The summed E-state index contributed by atoms with van der Waals surface area (Å²) in [6.45, 7) is 0. The van der Waals surface area contributed by atoms with Crippen molar-refractivity contribution in [2.75, 3.05) is 0 Å². The van der Waals surface area contributed by atoms with E-state index in [1.807, 2.05) is 0 Å². The van der Waals surface area contributed by atoms with Gasteiger partial charge in [-0.25, -0.2) is 0 Å². The van der Waals surface area contributed by atoms with E-state index in [1.54, 1.807) is 0 Å². The van der Waals surface area contributed by atoms with E-state index in [0.29, 0.717) is 0 Å². The summed E-state index contributed by atoms with van der Waals surface area (Å²) in [5, 5.41) is 0. The largest absolute Gasteiger partial charge is 5.00 e. The Morgan fingerprint density at radius 3 is 0.692 bits per heavy atom. The van der Waals surface area contributed by atoms with Gasteiger partial charge in [-0.1, -0.05) is 0 Å². The molecular weight excluding hydrogens is 303 g/mol. The molecule has 66 valence electrons. The molecule has 0 N–H and O–H groups in total. The number of phosphoric acid groups is 2. The molecule has 0 saturated carbocycles. The average molecular weight is 304 g/mol. The molecule has 0 amide bonds. The number of hydrogen-bond donors (Lipinski definition) is 0. The molecule has 0 atom stereocenters. The summed E-state index contributed by atoms with van der Waals surface area (Å²) >= 11 is 0. The molecule has 0 aliphatic rings. The van der Waals surface area contributed by atoms with E-state index in [1.165, 1.54) is 0 Å². The van der Waals surface area contributed by atoms with E-state index in [9.17, 15) is 0 Å². The molecule has 0 rings (SSSR count). The summed E-state index contributed by atoms with van der Waals surface area (Å²) in [6.07, 6.45) is 0. The van der Waals surface area contributed by atoms with Gasteiger partial charge >= 0.3 is 99.5 Å². The van der Waals surface area contributed by atoms with Crippen LogP contribution in [-0.2, 0) is 27.7 Å². The van der Waals surface area contributed by atoms with Gasteiger partial charge in [-0.2, -0.15) is 15.6 Å². The molecular formula is HKNaO8P2V. The topological polar surface area (TPSA) is 172 Å². The molecule has 0 aromatic carbocycles. The first-order chi connectivity index (χ1) is 4.00. The third-order valence-corrected chi connectivity index (χ3v) is 0. The van der Waals surface area contributed by atoms with Gasteiger partial charge in [0.2, 0.25) is 0 Å². The molecule has 0 radical (unpaired) electrons. The predicted molar refractivity (Wildman–Crippen MR) is 22.4 cm³/mol. The van der Waals surface area contributed by atoms with Gasteiger partial charge in [-0.3, -0.25) is 0 Å². The molecule has 0 aromatic heterocycles. The first-order valence-corrected chi connectivity index (χ1v) is 4.38. The number of hydrogen-bond acceptors (Lipinski definition) is 8. The minimum absolute atomic E-state index is 0. The van der Waals surface area contributed by atoms with Crippen molar-refractivity contribution in [2.45, 2.75) is 0 Å². The molecule has 0 aliphatic heterocycles. The molecule has 0 heterocycles. The minimum Gasteiger partial charge on any atom is 5.00 e. The van der Waals surface area contributed by atoms with Crippen molar-refractivity contribution >= 4 is 45.2 Å². The Balaban J connectivity index is -0.0000000267. The van der Waals surface area contributed by atoms with Gasteiger partial charge in [0.05, 0.1) is 0 Å². The maximum Gasteiger partial charge on any atom is 5.00 e. The second-order valence-electron chi connectivity index (χ2n) is 0.894. The molecule has 13 heavy (non-hydrogen) atoms. The summed E-state index contributed by atoms with van der Waals surface area (Å²) < 4.78 is 17.1. The van der Waals surface area contributed by atoms with Crippen LogP contribution in [-0.4, -0.2) is 29.6 Å². The predicted octanol–water partition coefficient (Wildman–Crippen LogP) is -9.30. The van der Waals surface area contributed by atoms with Crippen LogP contribution in [0.1, 0.15) is 0 Å². The molecule has 0 aliphatic carbocycles.